The summed E-state index contributed by atoms with van der Waals surface area (Å²) in [6, 6.07) is 17.3. The molecule has 5 heteroatoms. The molecule has 1 unspecified atom stereocenters. The van der Waals surface area contributed by atoms with Gasteiger partial charge >= 0.3 is 0 Å². The van der Waals surface area contributed by atoms with Crippen LogP contribution in [0.1, 0.15) is 31.0 Å². The highest BCUT2D eigenvalue weighted by atomic mass is 16.5. The zero-order valence-corrected chi connectivity index (χ0v) is 15.6. The molecule has 0 bridgehead atoms. The molecule has 2 amide bonds. The number of nitrogens with zero attached hydrogens (tertiary/aromatic N) is 1. The number of benzene rings is 2. The molecule has 0 heterocycles. The molecule has 0 radical (unpaired) electrons. The lowest BCUT2D eigenvalue weighted by molar-refractivity contribution is -0.136. The monoisotopic (exact) mass is 354 g/mol. The first-order valence-electron chi connectivity index (χ1n) is 8.73. The number of ether oxygens (including phenoxy) is 1. The van der Waals surface area contributed by atoms with Gasteiger partial charge < -0.3 is 15.0 Å². The van der Waals surface area contributed by atoms with E-state index in [4.69, 9.17) is 4.74 Å². The van der Waals surface area contributed by atoms with Gasteiger partial charge in [0.1, 0.15) is 12.3 Å². The predicted octanol–water partition coefficient (Wildman–Crippen LogP) is 2.96. The van der Waals surface area contributed by atoms with E-state index in [1.807, 2.05) is 61.5 Å². The highest BCUT2D eigenvalue weighted by molar-refractivity contribution is 5.84. The molecule has 2 aromatic rings. The summed E-state index contributed by atoms with van der Waals surface area (Å²) in [5.74, 6) is 0.517. The molecule has 1 N–H and O–H groups in total. The Morgan fingerprint density at radius 1 is 1.12 bits per heavy atom. The predicted molar refractivity (Wildman–Crippen MR) is 102 cm³/mol. The molecule has 2 rings (SSSR count). The Hall–Kier alpha value is -2.82. The smallest absolute Gasteiger partial charge is 0.239 e. The average Bonchev–Trinajstić information content (AvgIpc) is 2.66. The fourth-order valence-corrected chi connectivity index (χ4v) is 2.82. The van der Waals surface area contributed by atoms with Crippen molar-refractivity contribution in [1.29, 1.82) is 0 Å². The molecule has 0 aliphatic rings. The van der Waals surface area contributed by atoms with Crippen LogP contribution < -0.4 is 10.1 Å². The maximum atomic E-state index is 12.3. The summed E-state index contributed by atoms with van der Waals surface area (Å²) < 4.78 is 5.20. The lowest BCUT2D eigenvalue weighted by Crippen LogP contribution is -2.41. The Kier molecular flexibility index (Phi) is 7.21. The van der Waals surface area contributed by atoms with Gasteiger partial charge in [0.25, 0.3) is 0 Å². The lowest BCUT2D eigenvalue weighted by Gasteiger charge is -2.28. The summed E-state index contributed by atoms with van der Waals surface area (Å²) in [7, 11) is 1.63. The van der Waals surface area contributed by atoms with Gasteiger partial charge in [-0.25, -0.2) is 0 Å². The van der Waals surface area contributed by atoms with E-state index in [1.54, 1.807) is 12.0 Å². The fraction of sp³-hybridized carbons (Fsp3) is 0.333. The minimum absolute atomic E-state index is 0.0451. The molecule has 26 heavy (non-hydrogen) atoms. The third-order valence-electron chi connectivity index (χ3n) is 4.34. The van der Waals surface area contributed by atoms with Crippen molar-refractivity contribution in [1.82, 2.24) is 10.2 Å². The van der Waals surface area contributed by atoms with E-state index >= 15 is 0 Å². The zero-order valence-electron chi connectivity index (χ0n) is 15.6. The molecule has 0 fully saturated rings. The van der Waals surface area contributed by atoms with E-state index in [2.05, 4.69) is 5.32 Å². The van der Waals surface area contributed by atoms with Gasteiger partial charge in [0, 0.05) is 13.5 Å². The van der Waals surface area contributed by atoms with Crippen LogP contribution in [-0.2, 0) is 16.0 Å². The molecule has 0 spiro atoms. The summed E-state index contributed by atoms with van der Waals surface area (Å²) in [6.45, 7) is 3.98. The van der Waals surface area contributed by atoms with Crippen LogP contribution in [0.15, 0.2) is 54.6 Å². The quantitative estimate of drug-likeness (QED) is 0.793. The van der Waals surface area contributed by atoms with Crippen molar-refractivity contribution < 1.29 is 14.3 Å². The number of amides is 2. The second-order valence-electron chi connectivity index (χ2n) is 6.19. The van der Waals surface area contributed by atoms with E-state index in [-0.39, 0.29) is 24.4 Å². The Morgan fingerprint density at radius 2 is 1.85 bits per heavy atom. The Balaban J connectivity index is 1.88. The van der Waals surface area contributed by atoms with Gasteiger partial charge in [-0.3, -0.25) is 9.59 Å². The minimum atomic E-state index is -0.161. The number of nitrogens with one attached hydrogen (secondary N) is 1. The normalized spacial score (nSPS) is 11.5. The van der Waals surface area contributed by atoms with Gasteiger partial charge in [-0.2, -0.15) is 0 Å². The van der Waals surface area contributed by atoms with E-state index in [0.717, 1.165) is 16.9 Å². The zero-order chi connectivity index (χ0) is 18.9. The molecular formula is C21H26N2O3. The summed E-state index contributed by atoms with van der Waals surface area (Å²) in [5, 5.41) is 2.89. The maximum Gasteiger partial charge on any atom is 0.239 e. The van der Waals surface area contributed by atoms with Crippen LogP contribution in [0.25, 0.3) is 0 Å². The highest BCUT2D eigenvalue weighted by Crippen LogP contribution is 2.19. The van der Waals surface area contributed by atoms with E-state index in [0.29, 0.717) is 13.0 Å². The molecule has 5 nitrogen and oxygen atoms in total. The number of hydrogen-bond acceptors (Lipinski definition) is 3. The van der Waals surface area contributed by atoms with Crippen LogP contribution in [-0.4, -0.2) is 36.9 Å². The van der Waals surface area contributed by atoms with Gasteiger partial charge in [-0.15, -0.1) is 0 Å². The minimum Gasteiger partial charge on any atom is -0.497 e. The van der Waals surface area contributed by atoms with Crippen molar-refractivity contribution in [3.63, 3.8) is 0 Å². The van der Waals surface area contributed by atoms with E-state index in [1.165, 1.54) is 6.92 Å². The number of rotatable bonds is 8. The fourth-order valence-electron chi connectivity index (χ4n) is 2.82. The molecule has 0 saturated heterocycles. The first-order chi connectivity index (χ1) is 12.5. The second kappa shape index (κ2) is 9.61. The number of carbonyl (C=O) groups is 2. The maximum absolute atomic E-state index is 12.3. The van der Waals surface area contributed by atoms with Crippen molar-refractivity contribution >= 4 is 11.8 Å². The average molecular weight is 354 g/mol. The van der Waals surface area contributed by atoms with Gasteiger partial charge in [-0.1, -0.05) is 42.5 Å². The van der Waals surface area contributed by atoms with Crippen molar-refractivity contribution in [2.75, 3.05) is 20.2 Å². The molecule has 138 valence electrons. The first-order valence-corrected chi connectivity index (χ1v) is 8.73. The summed E-state index contributed by atoms with van der Waals surface area (Å²) in [5.41, 5.74) is 2.10. The van der Waals surface area contributed by atoms with Crippen LogP contribution >= 0.6 is 0 Å². The van der Waals surface area contributed by atoms with Crippen LogP contribution in [0.3, 0.4) is 0 Å². The lowest BCUT2D eigenvalue weighted by atomic mass is 10.1. The third kappa shape index (κ3) is 5.62. The standard InChI is InChI=1S/C21H26N2O3/c1-16(19-9-5-4-6-10-19)23(17(2)24)15-21(25)22-13-12-18-8-7-11-20(14-18)26-3/h4-11,14,16H,12-13,15H2,1-3H3,(H,22,25). The third-order valence-corrected chi connectivity index (χ3v) is 4.34. The van der Waals surface area contributed by atoms with Crippen molar-refractivity contribution in [2.24, 2.45) is 0 Å². The topological polar surface area (TPSA) is 58.6 Å². The van der Waals surface area contributed by atoms with Gasteiger partial charge in [0.2, 0.25) is 11.8 Å². The second-order valence-corrected chi connectivity index (χ2v) is 6.19. The number of hydrogen-bond donors (Lipinski definition) is 1. The van der Waals surface area contributed by atoms with E-state index in [9.17, 15) is 9.59 Å². The van der Waals surface area contributed by atoms with Crippen LogP contribution in [0.2, 0.25) is 0 Å². The summed E-state index contributed by atoms with van der Waals surface area (Å²) in [4.78, 5) is 25.8. The molecule has 0 aliphatic heterocycles. The summed E-state index contributed by atoms with van der Waals surface area (Å²) in [6.07, 6.45) is 0.706. The van der Waals surface area contributed by atoms with Crippen LogP contribution in [0.5, 0.6) is 5.75 Å². The molecule has 0 aromatic heterocycles. The summed E-state index contributed by atoms with van der Waals surface area (Å²) >= 11 is 0. The van der Waals surface area contributed by atoms with Crippen LogP contribution in [0.4, 0.5) is 0 Å². The van der Waals surface area contributed by atoms with Crippen molar-refractivity contribution in [2.45, 2.75) is 26.3 Å². The van der Waals surface area contributed by atoms with Gasteiger partial charge in [-0.05, 0) is 36.6 Å². The Bertz CT molecular complexity index is 731. The molecule has 1 atom stereocenters. The van der Waals surface area contributed by atoms with Crippen LogP contribution in [0, 0.1) is 0 Å². The van der Waals surface area contributed by atoms with Crippen molar-refractivity contribution in [3.05, 3.63) is 65.7 Å². The SMILES string of the molecule is COc1cccc(CCNC(=O)CN(C(C)=O)C(C)c2ccccc2)c1. The van der Waals surface area contributed by atoms with Gasteiger partial charge in [0.15, 0.2) is 0 Å². The highest BCUT2D eigenvalue weighted by Gasteiger charge is 2.20. The number of carbonyl (C=O) groups excluding carboxylic acids is 2. The molecule has 0 aliphatic carbocycles. The largest absolute Gasteiger partial charge is 0.497 e. The Morgan fingerprint density at radius 3 is 2.50 bits per heavy atom. The van der Waals surface area contributed by atoms with Gasteiger partial charge in [0.05, 0.1) is 13.2 Å². The number of methoxy groups -OCH3 is 1. The first kappa shape index (κ1) is 19.5. The molecule has 0 saturated carbocycles. The Labute approximate surface area is 155 Å². The molecular weight excluding hydrogens is 328 g/mol. The van der Waals surface area contributed by atoms with E-state index < -0.39 is 0 Å². The van der Waals surface area contributed by atoms with Crippen molar-refractivity contribution in [3.8, 4) is 5.75 Å². The molecule has 2 aromatic carbocycles.